The number of amides is 1. The molecular weight excluding hydrogens is 348 g/mol. The lowest BCUT2D eigenvalue weighted by atomic mass is 10.1. The van der Waals surface area contributed by atoms with Gasteiger partial charge >= 0.3 is 0 Å². The molecule has 2 aromatic carbocycles. The summed E-state index contributed by atoms with van der Waals surface area (Å²) in [5, 5.41) is 25.3. The number of ether oxygens (including phenoxy) is 1. The summed E-state index contributed by atoms with van der Waals surface area (Å²) in [4.78, 5) is 22.3. The van der Waals surface area contributed by atoms with Crippen molar-refractivity contribution >= 4 is 17.3 Å². The molecule has 0 unspecified atom stereocenters. The number of nitro benzene ring substituents is 1. The van der Waals surface area contributed by atoms with E-state index in [4.69, 9.17) is 10.00 Å². The van der Waals surface area contributed by atoms with Crippen molar-refractivity contribution in [3.8, 4) is 11.8 Å². The zero-order valence-electron chi connectivity index (χ0n) is 14.6. The Hall–Kier alpha value is -3.86. The molecule has 8 heteroatoms. The smallest absolute Gasteiger partial charge is 0.271 e. The van der Waals surface area contributed by atoms with Crippen LogP contribution in [0.4, 0.5) is 11.4 Å². The van der Waals surface area contributed by atoms with Gasteiger partial charge in [0, 0.05) is 30.6 Å². The van der Waals surface area contributed by atoms with E-state index in [0.29, 0.717) is 18.7 Å². The topological polar surface area (TPSA) is 117 Å². The maximum atomic E-state index is 12.1. The van der Waals surface area contributed by atoms with Crippen LogP contribution in [0.5, 0.6) is 5.75 Å². The summed E-state index contributed by atoms with van der Waals surface area (Å²) in [6.45, 7) is 0.362. The van der Waals surface area contributed by atoms with Crippen LogP contribution in [0, 0.1) is 21.4 Å². The lowest BCUT2D eigenvalue weighted by molar-refractivity contribution is -0.384. The Morgan fingerprint density at radius 1 is 1.30 bits per heavy atom. The van der Waals surface area contributed by atoms with Crippen LogP contribution in [0.1, 0.15) is 5.56 Å². The predicted molar refractivity (Wildman–Crippen MR) is 100 cm³/mol. The lowest BCUT2D eigenvalue weighted by Gasteiger charge is -2.06. The molecule has 0 saturated carbocycles. The Kier molecular flexibility index (Phi) is 6.91. The van der Waals surface area contributed by atoms with E-state index in [1.165, 1.54) is 24.4 Å². The van der Waals surface area contributed by atoms with Crippen molar-refractivity contribution in [3.63, 3.8) is 0 Å². The first-order chi connectivity index (χ1) is 13.0. The number of hydrogen-bond donors (Lipinski definition) is 2. The first kappa shape index (κ1) is 19.5. The van der Waals surface area contributed by atoms with Crippen LogP contribution in [-0.2, 0) is 11.2 Å². The number of carbonyl (C=O) groups excluding carboxylic acids is 1. The van der Waals surface area contributed by atoms with Crippen molar-refractivity contribution in [2.45, 2.75) is 6.42 Å². The van der Waals surface area contributed by atoms with Crippen molar-refractivity contribution < 1.29 is 14.5 Å². The van der Waals surface area contributed by atoms with Crippen molar-refractivity contribution in [3.05, 3.63) is 76.0 Å². The van der Waals surface area contributed by atoms with Crippen molar-refractivity contribution in [1.82, 2.24) is 5.32 Å². The molecule has 2 rings (SSSR count). The van der Waals surface area contributed by atoms with Gasteiger partial charge in [-0.1, -0.05) is 18.2 Å². The molecule has 0 spiro atoms. The number of rotatable bonds is 8. The molecule has 0 atom stereocenters. The largest absolute Gasteiger partial charge is 0.497 e. The van der Waals surface area contributed by atoms with Gasteiger partial charge in [0.2, 0.25) is 0 Å². The van der Waals surface area contributed by atoms with E-state index in [-0.39, 0.29) is 11.3 Å². The third-order valence-corrected chi connectivity index (χ3v) is 3.66. The molecule has 0 aliphatic carbocycles. The fourth-order valence-electron chi connectivity index (χ4n) is 2.22. The summed E-state index contributed by atoms with van der Waals surface area (Å²) in [6, 6.07) is 15.0. The van der Waals surface area contributed by atoms with E-state index in [0.717, 1.165) is 11.3 Å². The fraction of sp³-hybridized carbons (Fsp3) is 0.158. The highest BCUT2D eigenvalue weighted by molar-refractivity contribution is 5.97. The molecule has 0 saturated heterocycles. The normalized spacial score (nSPS) is 10.6. The zero-order chi connectivity index (χ0) is 19.6. The molecule has 0 aromatic heterocycles. The molecular formula is C19H18N4O4. The van der Waals surface area contributed by atoms with Gasteiger partial charge in [-0.3, -0.25) is 14.9 Å². The molecule has 0 aliphatic rings. The van der Waals surface area contributed by atoms with Gasteiger partial charge in [-0.15, -0.1) is 0 Å². The Labute approximate surface area is 156 Å². The van der Waals surface area contributed by atoms with E-state index in [1.807, 2.05) is 30.3 Å². The zero-order valence-corrected chi connectivity index (χ0v) is 14.6. The summed E-state index contributed by atoms with van der Waals surface area (Å²) in [5.74, 6) is 0.230. The maximum absolute atomic E-state index is 12.1. The number of nitrogens with zero attached hydrogens (tertiary/aromatic N) is 2. The summed E-state index contributed by atoms with van der Waals surface area (Å²) < 4.78 is 5.08. The Balaban J connectivity index is 1.90. The predicted octanol–water partition coefficient (Wildman–Crippen LogP) is 2.78. The number of carbonyl (C=O) groups is 1. The minimum absolute atomic E-state index is 0.0872. The SMILES string of the molecule is COc1ccc(CCNC(=O)/C(C#N)=C\Nc2cccc([N+](=O)[O-])c2)cc1. The van der Waals surface area contributed by atoms with Gasteiger partial charge in [-0.25, -0.2) is 0 Å². The lowest BCUT2D eigenvalue weighted by Crippen LogP contribution is -2.27. The van der Waals surface area contributed by atoms with Crippen LogP contribution >= 0.6 is 0 Å². The molecule has 1 amide bonds. The second-order valence-corrected chi connectivity index (χ2v) is 5.48. The number of anilines is 1. The summed E-state index contributed by atoms with van der Waals surface area (Å²) in [6.07, 6.45) is 1.83. The molecule has 138 valence electrons. The van der Waals surface area contributed by atoms with E-state index < -0.39 is 10.8 Å². The van der Waals surface area contributed by atoms with E-state index in [2.05, 4.69) is 10.6 Å². The second-order valence-electron chi connectivity index (χ2n) is 5.48. The molecule has 0 radical (unpaired) electrons. The van der Waals surface area contributed by atoms with Crippen molar-refractivity contribution in [2.75, 3.05) is 19.0 Å². The van der Waals surface area contributed by atoms with Crippen LogP contribution in [0.3, 0.4) is 0 Å². The molecule has 0 fully saturated rings. The van der Waals surface area contributed by atoms with Gasteiger partial charge < -0.3 is 15.4 Å². The Morgan fingerprint density at radius 2 is 2.04 bits per heavy atom. The standard InChI is InChI=1S/C19H18N4O4/c1-27-18-7-5-14(6-8-18)9-10-21-19(24)15(12-20)13-22-16-3-2-4-17(11-16)23(25)26/h2-8,11,13,22H,9-10H2,1H3,(H,21,24)/b15-13-. The Morgan fingerprint density at radius 3 is 2.67 bits per heavy atom. The first-order valence-electron chi connectivity index (χ1n) is 8.06. The highest BCUT2D eigenvalue weighted by Gasteiger charge is 2.09. The van der Waals surface area contributed by atoms with Crippen LogP contribution < -0.4 is 15.4 Å². The number of nitro groups is 1. The number of benzene rings is 2. The molecule has 0 heterocycles. The van der Waals surface area contributed by atoms with Gasteiger partial charge in [0.25, 0.3) is 11.6 Å². The van der Waals surface area contributed by atoms with Crippen LogP contribution in [0.25, 0.3) is 0 Å². The second kappa shape index (κ2) is 9.58. The van der Waals surface area contributed by atoms with Gasteiger partial charge in [0.1, 0.15) is 17.4 Å². The molecule has 0 bridgehead atoms. The molecule has 2 N–H and O–H groups in total. The molecule has 8 nitrogen and oxygen atoms in total. The highest BCUT2D eigenvalue weighted by atomic mass is 16.6. The number of hydrogen-bond acceptors (Lipinski definition) is 6. The molecule has 2 aromatic rings. The summed E-state index contributed by atoms with van der Waals surface area (Å²) in [5.41, 5.74) is 1.21. The average molecular weight is 366 g/mol. The van der Waals surface area contributed by atoms with Crippen molar-refractivity contribution in [1.29, 1.82) is 5.26 Å². The van der Waals surface area contributed by atoms with Crippen LogP contribution in [-0.4, -0.2) is 24.5 Å². The third-order valence-electron chi connectivity index (χ3n) is 3.66. The molecule has 27 heavy (non-hydrogen) atoms. The van der Waals surface area contributed by atoms with Crippen LogP contribution in [0.15, 0.2) is 60.3 Å². The van der Waals surface area contributed by atoms with E-state index >= 15 is 0 Å². The monoisotopic (exact) mass is 366 g/mol. The number of non-ortho nitro benzene ring substituents is 1. The minimum Gasteiger partial charge on any atom is -0.497 e. The highest BCUT2D eigenvalue weighted by Crippen LogP contribution is 2.17. The van der Waals surface area contributed by atoms with Gasteiger partial charge in [0.15, 0.2) is 0 Å². The number of nitrogens with one attached hydrogen (secondary N) is 2. The molecule has 0 aliphatic heterocycles. The summed E-state index contributed by atoms with van der Waals surface area (Å²) >= 11 is 0. The van der Waals surface area contributed by atoms with Crippen molar-refractivity contribution in [2.24, 2.45) is 0 Å². The number of methoxy groups -OCH3 is 1. The van der Waals surface area contributed by atoms with E-state index in [1.54, 1.807) is 13.2 Å². The summed E-state index contributed by atoms with van der Waals surface area (Å²) in [7, 11) is 1.59. The Bertz CT molecular complexity index is 885. The minimum atomic E-state index is -0.524. The quantitative estimate of drug-likeness (QED) is 0.321. The first-order valence-corrected chi connectivity index (χ1v) is 8.06. The maximum Gasteiger partial charge on any atom is 0.271 e. The number of nitriles is 1. The average Bonchev–Trinajstić information content (AvgIpc) is 2.69. The van der Waals surface area contributed by atoms with Gasteiger partial charge in [-0.05, 0) is 30.2 Å². The van der Waals surface area contributed by atoms with Crippen LogP contribution in [0.2, 0.25) is 0 Å². The van der Waals surface area contributed by atoms with Gasteiger partial charge in [-0.2, -0.15) is 5.26 Å². The van der Waals surface area contributed by atoms with Gasteiger partial charge in [0.05, 0.1) is 12.0 Å². The van der Waals surface area contributed by atoms with E-state index in [9.17, 15) is 14.9 Å². The third kappa shape index (κ3) is 5.86. The fourth-order valence-corrected chi connectivity index (χ4v) is 2.22.